The molecule has 2 N–H and O–H groups in total. The van der Waals surface area contributed by atoms with E-state index < -0.39 is 10.0 Å². The number of likely N-dealkylation sites (N-methyl/N-ethyl adjacent to an activating group) is 1. The zero-order valence-electron chi connectivity index (χ0n) is 12.6. The standard InChI is InChI=1S/C13H21N3O3S2/c1-4-14-13(17)11-9-12(10(2)20-11)21(18,19)16-7-5-15(3)6-8-16/h9H,4-8H2,1-3H3,(H,14,17)/p+1. The van der Waals surface area contributed by atoms with Crippen molar-refractivity contribution in [3.05, 3.63) is 15.8 Å². The molecular formula is C13H22N3O3S2+. The first-order valence-corrected chi connectivity index (χ1v) is 9.32. The molecule has 21 heavy (non-hydrogen) atoms. The van der Waals surface area contributed by atoms with E-state index in [0.29, 0.717) is 29.4 Å². The molecule has 1 aliphatic heterocycles. The minimum absolute atomic E-state index is 0.213. The van der Waals surface area contributed by atoms with Crippen LogP contribution in [-0.4, -0.2) is 58.4 Å². The second-order valence-corrected chi connectivity index (χ2v) is 8.41. The van der Waals surface area contributed by atoms with Gasteiger partial charge < -0.3 is 10.2 Å². The Balaban J connectivity index is 2.26. The number of hydrogen-bond donors (Lipinski definition) is 2. The van der Waals surface area contributed by atoms with Crippen LogP contribution in [0.4, 0.5) is 0 Å². The van der Waals surface area contributed by atoms with Crippen molar-refractivity contribution in [3.8, 4) is 0 Å². The van der Waals surface area contributed by atoms with Crippen molar-refractivity contribution in [3.63, 3.8) is 0 Å². The quantitative estimate of drug-likeness (QED) is 0.768. The molecule has 6 nitrogen and oxygen atoms in total. The Morgan fingerprint density at radius 3 is 2.62 bits per heavy atom. The van der Waals surface area contributed by atoms with Gasteiger partial charge in [0.05, 0.1) is 43.0 Å². The van der Waals surface area contributed by atoms with Crippen LogP contribution in [0.15, 0.2) is 11.0 Å². The summed E-state index contributed by atoms with van der Waals surface area (Å²) in [5.41, 5.74) is 0. The Bertz CT molecular complexity index is 617. The van der Waals surface area contributed by atoms with Crippen LogP contribution in [0.1, 0.15) is 21.5 Å². The number of carbonyl (C=O) groups excluding carboxylic acids is 1. The number of nitrogens with zero attached hydrogens (tertiary/aromatic N) is 1. The van der Waals surface area contributed by atoms with Crippen molar-refractivity contribution in [2.75, 3.05) is 39.8 Å². The Morgan fingerprint density at radius 2 is 2.05 bits per heavy atom. The normalized spacial score (nSPS) is 17.9. The van der Waals surface area contributed by atoms with Gasteiger partial charge >= 0.3 is 0 Å². The SMILES string of the molecule is CCNC(=O)c1cc(S(=O)(=O)N2CC[NH+](C)CC2)c(C)s1. The highest BCUT2D eigenvalue weighted by atomic mass is 32.2. The second-order valence-electron chi connectivity index (χ2n) is 5.25. The van der Waals surface area contributed by atoms with Crippen molar-refractivity contribution < 1.29 is 18.1 Å². The summed E-state index contributed by atoms with van der Waals surface area (Å²) in [5, 5.41) is 2.70. The Kier molecular flexibility index (Phi) is 5.03. The van der Waals surface area contributed by atoms with E-state index in [-0.39, 0.29) is 10.8 Å². The minimum Gasteiger partial charge on any atom is -0.352 e. The fourth-order valence-electron chi connectivity index (χ4n) is 2.33. The molecule has 1 aromatic heterocycles. The minimum atomic E-state index is -3.49. The van der Waals surface area contributed by atoms with E-state index >= 15 is 0 Å². The molecule has 0 bridgehead atoms. The molecule has 0 aromatic carbocycles. The van der Waals surface area contributed by atoms with Gasteiger partial charge in [0.15, 0.2) is 0 Å². The van der Waals surface area contributed by atoms with Crippen LogP contribution in [0.25, 0.3) is 0 Å². The maximum Gasteiger partial charge on any atom is 0.261 e. The summed E-state index contributed by atoms with van der Waals surface area (Å²) in [6.45, 7) is 6.79. The molecule has 0 radical (unpaired) electrons. The molecule has 118 valence electrons. The number of quaternary nitrogens is 1. The fourth-order valence-corrected chi connectivity index (χ4v) is 5.25. The van der Waals surface area contributed by atoms with Gasteiger partial charge in [-0.15, -0.1) is 11.3 Å². The number of piperazine rings is 1. The molecule has 0 atom stereocenters. The van der Waals surface area contributed by atoms with Gasteiger partial charge in [-0.2, -0.15) is 4.31 Å². The molecule has 1 aromatic rings. The van der Waals surface area contributed by atoms with E-state index in [9.17, 15) is 13.2 Å². The number of amides is 1. The summed E-state index contributed by atoms with van der Waals surface area (Å²) in [4.78, 5) is 14.6. The van der Waals surface area contributed by atoms with Crippen LogP contribution >= 0.6 is 11.3 Å². The molecular weight excluding hydrogens is 310 g/mol. The Labute approximate surface area is 129 Å². The van der Waals surface area contributed by atoms with E-state index in [1.807, 2.05) is 6.92 Å². The fraction of sp³-hybridized carbons (Fsp3) is 0.615. The second kappa shape index (κ2) is 6.43. The first-order chi connectivity index (χ1) is 9.86. The molecule has 1 fully saturated rings. The molecule has 2 rings (SSSR count). The van der Waals surface area contributed by atoms with Crippen LogP contribution in [0.3, 0.4) is 0 Å². The number of nitrogens with one attached hydrogen (secondary N) is 2. The summed E-state index contributed by atoms with van der Waals surface area (Å²) in [5.74, 6) is -0.213. The third kappa shape index (κ3) is 3.45. The van der Waals surface area contributed by atoms with E-state index in [2.05, 4.69) is 12.4 Å². The predicted molar refractivity (Wildman–Crippen MR) is 82.4 cm³/mol. The lowest BCUT2D eigenvalue weighted by atomic mass is 10.4. The first-order valence-electron chi connectivity index (χ1n) is 7.06. The summed E-state index contributed by atoms with van der Waals surface area (Å²) < 4.78 is 26.9. The van der Waals surface area contributed by atoms with Gasteiger partial charge in [-0.05, 0) is 19.9 Å². The maximum absolute atomic E-state index is 12.7. The van der Waals surface area contributed by atoms with Gasteiger partial charge in [-0.1, -0.05) is 0 Å². The van der Waals surface area contributed by atoms with Crippen LogP contribution in [0.5, 0.6) is 0 Å². The van der Waals surface area contributed by atoms with Gasteiger partial charge in [0.2, 0.25) is 10.0 Å². The van der Waals surface area contributed by atoms with E-state index in [0.717, 1.165) is 13.1 Å². The van der Waals surface area contributed by atoms with Gasteiger partial charge in [0.1, 0.15) is 0 Å². The average Bonchev–Trinajstić information content (AvgIpc) is 2.82. The largest absolute Gasteiger partial charge is 0.352 e. The lowest BCUT2D eigenvalue weighted by Gasteiger charge is -2.29. The van der Waals surface area contributed by atoms with Crippen LogP contribution < -0.4 is 10.2 Å². The highest BCUT2D eigenvalue weighted by Crippen LogP contribution is 2.28. The average molecular weight is 332 g/mol. The molecule has 8 heteroatoms. The first kappa shape index (κ1) is 16.4. The molecule has 1 amide bonds. The monoisotopic (exact) mass is 332 g/mol. The number of rotatable bonds is 4. The van der Waals surface area contributed by atoms with Crippen molar-refractivity contribution >= 4 is 27.3 Å². The van der Waals surface area contributed by atoms with E-state index in [1.54, 1.807) is 6.92 Å². The number of carbonyl (C=O) groups is 1. The lowest BCUT2D eigenvalue weighted by Crippen LogP contribution is -3.12. The van der Waals surface area contributed by atoms with Gasteiger partial charge in [-0.3, -0.25) is 4.79 Å². The van der Waals surface area contributed by atoms with Gasteiger partial charge in [0, 0.05) is 11.4 Å². The summed E-state index contributed by atoms with van der Waals surface area (Å²) in [6, 6.07) is 1.51. The predicted octanol–water partition coefficient (Wildman–Crippen LogP) is -0.675. The Hall–Kier alpha value is -0.960. The van der Waals surface area contributed by atoms with E-state index in [1.165, 1.54) is 26.6 Å². The van der Waals surface area contributed by atoms with Gasteiger partial charge in [0.25, 0.3) is 5.91 Å². The summed E-state index contributed by atoms with van der Waals surface area (Å²) in [6.07, 6.45) is 0. The third-order valence-corrected chi connectivity index (χ3v) is 6.83. The molecule has 1 aliphatic rings. The third-order valence-electron chi connectivity index (χ3n) is 3.63. The van der Waals surface area contributed by atoms with Crippen molar-refractivity contribution in [2.45, 2.75) is 18.7 Å². The van der Waals surface area contributed by atoms with Crippen LogP contribution in [0.2, 0.25) is 0 Å². The molecule has 0 aliphatic carbocycles. The number of sulfonamides is 1. The zero-order valence-corrected chi connectivity index (χ0v) is 14.2. The molecule has 1 saturated heterocycles. The van der Waals surface area contributed by atoms with Crippen LogP contribution in [0, 0.1) is 6.92 Å². The molecule has 0 saturated carbocycles. The highest BCUT2D eigenvalue weighted by molar-refractivity contribution is 7.89. The summed E-state index contributed by atoms with van der Waals surface area (Å²) in [7, 11) is -1.43. The molecule has 2 heterocycles. The van der Waals surface area contributed by atoms with Crippen LogP contribution in [-0.2, 0) is 10.0 Å². The number of thiophene rings is 1. The molecule has 0 spiro atoms. The van der Waals surface area contributed by atoms with Crippen molar-refractivity contribution in [1.82, 2.24) is 9.62 Å². The van der Waals surface area contributed by atoms with Gasteiger partial charge in [-0.25, -0.2) is 8.42 Å². The topological polar surface area (TPSA) is 70.9 Å². The maximum atomic E-state index is 12.7. The van der Waals surface area contributed by atoms with Crippen molar-refractivity contribution in [1.29, 1.82) is 0 Å². The zero-order chi connectivity index (χ0) is 15.6. The number of hydrogen-bond acceptors (Lipinski definition) is 4. The summed E-state index contributed by atoms with van der Waals surface area (Å²) >= 11 is 1.23. The Morgan fingerprint density at radius 1 is 1.43 bits per heavy atom. The number of aryl methyl sites for hydroxylation is 1. The smallest absolute Gasteiger partial charge is 0.261 e. The van der Waals surface area contributed by atoms with Crippen molar-refractivity contribution in [2.24, 2.45) is 0 Å². The van der Waals surface area contributed by atoms with E-state index in [4.69, 9.17) is 0 Å². The highest BCUT2D eigenvalue weighted by Gasteiger charge is 2.31. The lowest BCUT2D eigenvalue weighted by molar-refractivity contribution is -0.883. The molecule has 0 unspecified atom stereocenters.